The highest BCUT2D eigenvalue weighted by Crippen LogP contribution is 2.34. The van der Waals surface area contributed by atoms with Gasteiger partial charge in [-0.1, -0.05) is 0 Å². The molecule has 2 fully saturated rings. The number of piperazine rings is 2. The van der Waals surface area contributed by atoms with Gasteiger partial charge in [0.05, 0.1) is 17.1 Å². The standard InChI is InChI=1S/C17H26N4O3S/c1-18-5-6-20-7-8-21(13-14(20)12-18)25(22,23)15-3-4-16-17(11-15)24-10-9-19(16)2/h3-4,11,14H,5-10,12-13H2,1-2H3. The molecule has 1 atom stereocenters. The largest absolute Gasteiger partial charge is 0.490 e. The maximum Gasteiger partial charge on any atom is 0.243 e. The van der Waals surface area contributed by atoms with E-state index in [0.717, 1.165) is 38.4 Å². The number of hydrogen-bond acceptors (Lipinski definition) is 6. The fourth-order valence-corrected chi connectivity index (χ4v) is 5.43. The SMILES string of the molecule is CN1CCN2CCN(S(=O)(=O)c3ccc4c(c3)OCCN4C)CC2C1. The molecule has 3 aliphatic rings. The van der Waals surface area contributed by atoms with Gasteiger partial charge < -0.3 is 14.5 Å². The highest BCUT2D eigenvalue weighted by Gasteiger charge is 2.36. The Hall–Kier alpha value is -1.35. The van der Waals surface area contributed by atoms with Gasteiger partial charge in [0.2, 0.25) is 10.0 Å². The van der Waals surface area contributed by atoms with Crippen LogP contribution >= 0.6 is 0 Å². The van der Waals surface area contributed by atoms with Crippen molar-refractivity contribution in [2.24, 2.45) is 0 Å². The molecular weight excluding hydrogens is 340 g/mol. The fourth-order valence-electron chi connectivity index (χ4n) is 3.95. The summed E-state index contributed by atoms with van der Waals surface area (Å²) in [5.74, 6) is 0.658. The van der Waals surface area contributed by atoms with Crippen molar-refractivity contribution in [2.75, 3.05) is 71.4 Å². The first kappa shape index (κ1) is 17.1. The summed E-state index contributed by atoms with van der Waals surface area (Å²) in [6.07, 6.45) is 0. The van der Waals surface area contributed by atoms with Crippen LogP contribution in [0.5, 0.6) is 5.75 Å². The summed E-state index contributed by atoms with van der Waals surface area (Å²) in [5.41, 5.74) is 0.948. The molecule has 0 saturated carbocycles. The van der Waals surface area contributed by atoms with Crippen molar-refractivity contribution >= 4 is 15.7 Å². The minimum atomic E-state index is -3.49. The molecule has 0 N–H and O–H groups in total. The summed E-state index contributed by atoms with van der Waals surface area (Å²) in [6, 6.07) is 5.52. The minimum absolute atomic E-state index is 0.280. The number of fused-ring (bicyclic) bond motifs is 2. The quantitative estimate of drug-likeness (QED) is 0.742. The molecule has 138 valence electrons. The van der Waals surface area contributed by atoms with Crippen LogP contribution in [-0.4, -0.2) is 95.1 Å². The Labute approximate surface area is 149 Å². The van der Waals surface area contributed by atoms with E-state index in [-0.39, 0.29) is 6.04 Å². The van der Waals surface area contributed by atoms with Crippen LogP contribution in [0.4, 0.5) is 5.69 Å². The van der Waals surface area contributed by atoms with Crippen LogP contribution in [0.15, 0.2) is 23.1 Å². The highest BCUT2D eigenvalue weighted by atomic mass is 32.2. The molecule has 0 radical (unpaired) electrons. The Kier molecular flexibility index (Phi) is 4.39. The fraction of sp³-hybridized carbons (Fsp3) is 0.647. The molecule has 0 spiro atoms. The van der Waals surface area contributed by atoms with E-state index >= 15 is 0 Å². The van der Waals surface area contributed by atoms with Gasteiger partial charge in [0.25, 0.3) is 0 Å². The normalized spacial score (nSPS) is 26.0. The van der Waals surface area contributed by atoms with E-state index in [4.69, 9.17) is 4.74 Å². The Morgan fingerprint density at radius 3 is 2.68 bits per heavy atom. The van der Waals surface area contributed by atoms with Gasteiger partial charge in [-0.05, 0) is 19.2 Å². The van der Waals surface area contributed by atoms with Gasteiger partial charge in [-0.3, -0.25) is 4.90 Å². The summed E-state index contributed by atoms with van der Waals surface area (Å²) in [6.45, 7) is 6.32. The highest BCUT2D eigenvalue weighted by molar-refractivity contribution is 7.89. The van der Waals surface area contributed by atoms with Crippen molar-refractivity contribution in [3.63, 3.8) is 0 Å². The van der Waals surface area contributed by atoms with E-state index in [1.54, 1.807) is 16.4 Å². The first-order valence-corrected chi connectivity index (χ1v) is 10.3. The van der Waals surface area contributed by atoms with Crippen molar-refractivity contribution in [3.05, 3.63) is 18.2 Å². The molecule has 0 amide bonds. The lowest BCUT2D eigenvalue weighted by Gasteiger charge is -2.46. The van der Waals surface area contributed by atoms with Gasteiger partial charge >= 0.3 is 0 Å². The number of nitrogens with zero attached hydrogens (tertiary/aromatic N) is 4. The zero-order chi connectivity index (χ0) is 17.6. The van der Waals surface area contributed by atoms with Crippen molar-refractivity contribution in [1.29, 1.82) is 0 Å². The van der Waals surface area contributed by atoms with Crippen LogP contribution in [-0.2, 0) is 10.0 Å². The van der Waals surface area contributed by atoms with E-state index in [2.05, 4.69) is 21.7 Å². The van der Waals surface area contributed by atoms with Gasteiger partial charge in [0, 0.05) is 58.4 Å². The Balaban J connectivity index is 1.57. The lowest BCUT2D eigenvalue weighted by atomic mass is 10.1. The molecule has 2 saturated heterocycles. The van der Waals surface area contributed by atoms with Gasteiger partial charge in [0.1, 0.15) is 12.4 Å². The van der Waals surface area contributed by atoms with Crippen LogP contribution in [0.1, 0.15) is 0 Å². The maximum absolute atomic E-state index is 13.1. The van der Waals surface area contributed by atoms with E-state index in [1.165, 1.54) is 0 Å². The predicted molar refractivity (Wildman–Crippen MR) is 96.8 cm³/mol. The summed E-state index contributed by atoms with van der Waals surface area (Å²) < 4.78 is 33.6. The van der Waals surface area contributed by atoms with Crippen LogP contribution < -0.4 is 9.64 Å². The zero-order valence-corrected chi connectivity index (χ0v) is 15.7. The molecule has 7 nitrogen and oxygen atoms in total. The number of likely N-dealkylation sites (N-methyl/N-ethyl adjacent to an activating group) is 2. The molecule has 0 bridgehead atoms. The second-order valence-corrected chi connectivity index (χ2v) is 9.15. The summed E-state index contributed by atoms with van der Waals surface area (Å²) in [7, 11) is 0.602. The average Bonchev–Trinajstić information content (AvgIpc) is 2.61. The van der Waals surface area contributed by atoms with Crippen molar-refractivity contribution in [3.8, 4) is 5.75 Å². The Bertz CT molecular complexity index is 754. The number of sulfonamides is 1. The van der Waals surface area contributed by atoms with Crippen LogP contribution in [0.25, 0.3) is 0 Å². The maximum atomic E-state index is 13.1. The Morgan fingerprint density at radius 1 is 1.04 bits per heavy atom. The molecule has 0 aliphatic carbocycles. The molecular formula is C17H26N4O3S. The third kappa shape index (κ3) is 3.12. The number of hydrogen-bond donors (Lipinski definition) is 0. The first-order chi connectivity index (χ1) is 11.9. The van der Waals surface area contributed by atoms with Crippen LogP contribution in [0.3, 0.4) is 0 Å². The van der Waals surface area contributed by atoms with Gasteiger partial charge in [-0.25, -0.2) is 8.42 Å². The zero-order valence-electron chi connectivity index (χ0n) is 14.9. The van der Waals surface area contributed by atoms with E-state index in [1.807, 2.05) is 13.1 Å². The molecule has 4 rings (SSSR count). The molecule has 3 heterocycles. The topological polar surface area (TPSA) is 56.3 Å². The second-order valence-electron chi connectivity index (χ2n) is 7.21. The monoisotopic (exact) mass is 366 g/mol. The molecule has 25 heavy (non-hydrogen) atoms. The molecule has 3 aliphatic heterocycles. The van der Waals surface area contributed by atoms with Crippen molar-refractivity contribution < 1.29 is 13.2 Å². The van der Waals surface area contributed by atoms with E-state index in [9.17, 15) is 8.42 Å². The third-order valence-corrected chi connectivity index (χ3v) is 7.38. The lowest BCUT2D eigenvalue weighted by Crippen LogP contribution is -2.61. The molecule has 0 aromatic heterocycles. The van der Waals surface area contributed by atoms with Gasteiger partial charge in [-0.2, -0.15) is 4.31 Å². The molecule has 8 heteroatoms. The predicted octanol–water partition coefficient (Wildman–Crippen LogP) is 0.136. The first-order valence-electron chi connectivity index (χ1n) is 8.86. The summed E-state index contributed by atoms with van der Waals surface area (Å²) in [4.78, 5) is 7.11. The van der Waals surface area contributed by atoms with Gasteiger partial charge in [-0.15, -0.1) is 0 Å². The van der Waals surface area contributed by atoms with Crippen molar-refractivity contribution in [2.45, 2.75) is 10.9 Å². The molecule has 1 unspecified atom stereocenters. The van der Waals surface area contributed by atoms with E-state index < -0.39 is 10.0 Å². The summed E-state index contributed by atoms with van der Waals surface area (Å²) in [5, 5.41) is 0. The van der Waals surface area contributed by atoms with Crippen LogP contribution in [0.2, 0.25) is 0 Å². The number of ether oxygens (including phenoxy) is 1. The smallest absolute Gasteiger partial charge is 0.243 e. The lowest BCUT2D eigenvalue weighted by molar-refractivity contribution is 0.0466. The average molecular weight is 366 g/mol. The van der Waals surface area contributed by atoms with Gasteiger partial charge in [0.15, 0.2) is 0 Å². The molecule has 1 aromatic carbocycles. The minimum Gasteiger partial charge on any atom is -0.490 e. The summed E-state index contributed by atoms with van der Waals surface area (Å²) >= 11 is 0. The third-order valence-electron chi connectivity index (χ3n) is 5.52. The number of rotatable bonds is 2. The Morgan fingerprint density at radius 2 is 1.84 bits per heavy atom. The van der Waals surface area contributed by atoms with Crippen molar-refractivity contribution in [1.82, 2.24) is 14.1 Å². The molecule has 1 aromatic rings. The van der Waals surface area contributed by atoms with Crippen LogP contribution in [0, 0.1) is 0 Å². The second kappa shape index (κ2) is 6.42. The number of benzene rings is 1. The number of anilines is 1. The van der Waals surface area contributed by atoms with E-state index in [0.29, 0.717) is 30.3 Å².